The van der Waals surface area contributed by atoms with E-state index in [1.165, 1.54) is 31.2 Å². The predicted octanol–water partition coefficient (Wildman–Crippen LogP) is 3.74. The highest BCUT2D eigenvalue weighted by Gasteiger charge is 2.22. The van der Waals surface area contributed by atoms with Gasteiger partial charge in [-0.2, -0.15) is 0 Å². The number of nitrogens with one attached hydrogen (secondary N) is 1. The number of carbonyl (C=O) groups excluding carboxylic acids is 3. The largest absolute Gasteiger partial charge is 0.453 e. The fourth-order valence-corrected chi connectivity index (χ4v) is 2.56. The molecule has 0 radical (unpaired) electrons. The van der Waals surface area contributed by atoms with Crippen molar-refractivity contribution in [3.63, 3.8) is 0 Å². The molecule has 152 valence electrons. The van der Waals surface area contributed by atoms with Gasteiger partial charge in [-0.05, 0) is 44.0 Å². The van der Waals surface area contributed by atoms with E-state index < -0.39 is 22.9 Å². The van der Waals surface area contributed by atoms with Crippen LogP contribution in [0, 0.1) is 24.0 Å². The maximum atomic E-state index is 12.2. The lowest BCUT2D eigenvalue weighted by Gasteiger charge is -2.13. The quantitative estimate of drug-likeness (QED) is 0.313. The molecule has 1 unspecified atom stereocenters. The second-order valence-corrected chi connectivity index (χ2v) is 6.62. The molecule has 0 spiro atoms. The Morgan fingerprint density at radius 2 is 1.76 bits per heavy atom. The van der Waals surface area contributed by atoms with E-state index in [4.69, 9.17) is 4.74 Å². The molecule has 1 N–H and O–H groups in total. The average Bonchev–Trinajstić information content (AvgIpc) is 2.68. The summed E-state index contributed by atoms with van der Waals surface area (Å²) in [6.45, 7) is 5.20. The van der Waals surface area contributed by atoms with Crippen LogP contribution in [0.5, 0.6) is 0 Å². The van der Waals surface area contributed by atoms with Crippen LogP contribution < -0.4 is 5.32 Å². The van der Waals surface area contributed by atoms with Gasteiger partial charge in [0, 0.05) is 18.1 Å². The SMILES string of the molecule is Cc1ccc(C(=O)CCC(=O)OC(C)C(=O)Nc2ccccc2[N+](=O)[O-])cc1C. The molecular weight excluding hydrogens is 376 g/mol. The van der Waals surface area contributed by atoms with Crippen LogP contribution >= 0.6 is 0 Å². The van der Waals surface area contributed by atoms with Crippen LogP contribution in [0.15, 0.2) is 42.5 Å². The van der Waals surface area contributed by atoms with Gasteiger partial charge in [-0.15, -0.1) is 0 Å². The van der Waals surface area contributed by atoms with Gasteiger partial charge in [0.2, 0.25) is 0 Å². The smallest absolute Gasteiger partial charge is 0.307 e. The molecule has 8 heteroatoms. The van der Waals surface area contributed by atoms with Gasteiger partial charge in [0.15, 0.2) is 11.9 Å². The van der Waals surface area contributed by atoms with Crippen molar-refractivity contribution < 1.29 is 24.0 Å². The molecule has 1 amide bonds. The third kappa shape index (κ3) is 5.97. The number of Topliss-reactive ketones (excluding diaryl/α,β-unsaturated/α-hetero) is 1. The third-order valence-electron chi connectivity index (χ3n) is 4.42. The maximum absolute atomic E-state index is 12.2. The van der Waals surface area contributed by atoms with Gasteiger partial charge < -0.3 is 10.1 Å². The average molecular weight is 398 g/mol. The van der Waals surface area contributed by atoms with E-state index in [0.29, 0.717) is 5.56 Å². The number of hydrogen-bond donors (Lipinski definition) is 1. The highest BCUT2D eigenvalue weighted by atomic mass is 16.6. The number of aryl methyl sites for hydroxylation is 2. The van der Waals surface area contributed by atoms with Crippen molar-refractivity contribution in [2.75, 3.05) is 5.32 Å². The number of para-hydroxylation sites is 2. The number of hydrogen-bond acceptors (Lipinski definition) is 6. The lowest BCUT2D eigenvalue weighted by atomic mass is 10.0. The summed E-state index contributed by atoms with van der Waals surface area (Å²) in [6, 6.07) is 11.0. The second kappa shape index (κ2) is 9.59. The van der Waals surface area contributed by atoms with E-state index in [9.17, 15) is 24.5 Å². The number of rotatable bonds is 8. The summed E-state index contributed by atoms with van der Waals surface area (Å²) in [7, 11) is 0. The minimum absolute atomic E-state index is 0.00955. The number of amides is 1. The Morgan fingerprint density at radius 1 is 1.07 bits per heavy atom. The molecule has 0 aliphatic carbocycles. The summed E-state index contributed by atoms with van der Waals surface area (Å²) in [6.07, 6.45) is -1.38. The normalized spacial score (nSPS) is 11.4. The molecule has 29 heavy (non-hydrogen) atoms. The van der Waals surface area contributed by atoms with Gasteiger partial charge in [0.05, 0.1) is 11.3 Å². The van der Waals surface area contributed by atoms with E-state index >= 15 is 0 Å². The summed E-state index contributed by atoms with van der Waals surface area (Å²) >= 11 is 0. The number of carbonyl (C=O) groups is 3. The first-order valence-corrected chi connectivity index (χ1v) is 9.03. The minimum Gasteiger partial charge on any atom is -0.453 e. The predicted molar refractivity (Wildman–Crippen MR) is 107 cm³/mol. The molecule has 0 aliphatic rings. The van der Waals surface area contributed by atoms with Crippen molar-refractivity contribution in [2.45, 2.75) is 39.7 Å². The number of nitrogens with zero attached hydrogens (tertiary/aromatic N) is 1. The van der Waals surface area contributed by atoms with Crippen molar-refractivity contribution in [2.24, 2.45) is 0 Å². The molecule has 0 bridgehead atoms. The van der Waals surface area contributed by atoms with Gasteiger partial charge in [0.1, 0.15) is 5.69 Å². The molecule has 0 aliphatic heterocycles. The number of nitro benzene ring substituents is 1. The Morgan fingerprint density at radius 3 is 2.41 bits per heavy atom. The van der Waals surface area contributed by atoms with Crippen molar-refractivity contribution >= 4 is 29.0 Å². The molecule has 0 saturated heterocycles. The Labute approximate surface area is 168 Å². The molecular formula is C21H22N2O6. The maximum Gasteiger partial charge on any atom is 0.307 e. The molecule has 0 aromatic heterocycles. The zero-order chi connectivity index (χ0) is 21.6. The Kier molecular flexibility index (Phi) is 7.19. The summed E-state index contributed by atoms with van der Waals surface area (Å²) < 4.78 is 5.04. The fraction of sp³-hybridized carbons (Fsp3) is 0.286. The van der Waals surface area contributed by atoms with Crippen LogP contribution in [0.4, 0.5) is 11.4 Å². The first-order valence-electron chi connectivity index (χ1n) is 9.03. The molecule has 1 atom stereocenters. The number of benzene rings is 2. The van der Waals surface area contributed by atoms with Crippen LogP contribution in [0.25, 0.3) is 0 Å². The Hall–Kier alpha value is -3.55. The fourth-order valence-electron chi connectivity index (χ4n) is 2.56. The Balaban J connectivity index is 1.88. The van der Waals surface area contributed by atoms with Crippen molar-refractivity contribution in [3.05, 3.63) is 69.3 Å². The van der Waals surface area contributed by atoms with Crippen LogP contribution in [0.2, 0.25) is 0 Å². The molecule has 2 rings (SSSR count). The number of anilines is 1. The summed E-state index contributed by atoms with van der Waals surface area (Å²) in [5.74, 6) is -1.59. The molecule has 8 nitrogen and oxygen atoms in total. The highest BCUT2D eigenvalue weighted by Crippen LogP contribution is 2.23. The van der Waals surface area contributed by atoms with Gasteiger partial charge in [-0.1, -0.05) is 24.3 Å². The van der Waals surface area contributed by atoms with E-state index in [-0.39, 0.29) is 30.0 Å². The minimum atomic E-state index is -1.17. The first kappa shape index (κ1) is 21.7. The number of esters is 1. The zero-order valence-corrected chi connectivity index (χ0v) is 16.4. The molecule has 0 saturated carbocycles. The van der Waals surface area contributed by atoms with Gasteiger partial charge >= 0.3 is 5.97 Å². The van der Waals surface area contributed by atoms with E-state index in [2.05, 4.69) is 5.32 Å². The van der Waals surface area contributed by atoms with Crippen LogP contribution in [-0.2, 0) is 14.3 Å². The molecule has 2 aromatic carbocycles. The van der Waals surface area contributed by atoms with E-state index in [1.54, 1.807) is 12.1 Å². The lowest BCUT2D eigenvalue weighted by molar-refractivity contribution is -0.383. The number of ketones is 1. The number of nitro groups is 1. The van der Waals surface area contributed by atoms with Gasteiger partial charge in [-0.25, -0.2) is 0 Å². The zero-order valence-electron chi connectivity index (χ0n) is 16.4. The first-order chi connectivity index (χ1) is 13.7. The number of ether oxygens (including phenoxy) is 1. The van der Waals surface area contributed by atoms with Crippen molar-refractivity contribution in [3.8, 4) is 0 Å². The Bertz CT molecular complexity index is 954. The summed E-state index contributed by atoms with van der Waals surface area (Å²) in [5, 5.41) is 13.4. The van der Waals surface area contributed by atoms with Gasteiger partial charge in [0.25, 0.3) is 11.6 Å². The highest BCUT2D eigenvalue weighted by molar-refractivity contribution is 5.99. The summed E-state index contributed by atoms with van der Waals surface area (Å²) in [5.41, 5.74) is 2.31. The van der Waals surface area contributed by atoms with Crippen LogP contribution in [0.3, 0.4) is 0 Å². The third-order valence-corrected chi connectivity index (χ3v) is 4.42. The molecule has 0 heterocycles. The molecule has 0 fully saturated rings. The van der Waals surface area contributed by atoms with Crippen molar-refractivity contribution in [1.82, 2.24) is 0 Å². The lowest BCUT2D eigenvalue weighted by Crippen LogP contribution is -2.30. The second-order valence-electron chi connectivity index (χ2n) is 6.62. The monoisotopic (exact) mass is 398 g/mol. The van der Waals surface area contributed by atoms with Crippen molar-refractivity contribution in [1.29, 1.82) is 0 Å². The van der Waals surface area contributed by atoms with E-state index in [1.807, 2.05) is 19.9 Å². The topological polar surface area (TPSA) is 116 Å². The van der Waals surface area contributed by atoms with E-state index in [0.717, 1.165) is 11.1 Å². The van der Waals surface area contributed by atoms with Crippen LogP contribution in [0.1, 0.15) is 41.3 Å². The van der Waals surface area contributed by atoms with Crippen LogP contribution in [-0.4, -0.2) is 28.7 Å². The standard InChI is InChI=1S/C21H22N2O6/c1-13-8-9-16(12-14(13)2)19(24)10-11-20(25)29-15(3)21(26)22-17-6-4-5-7-18(17)23(27)28/h4-9,12,15H,10-11H2,1-3H3,(H,22,26). The van der Waals surface area contributed by atoms with Gasteiger partial charge in [-0.3, -0.25) is 24.5 Å². The molecule has 2 aromatic rings. The summed E-state index contributed by atoms with van der Waals surface area (Å²) in [4.78, 5) is 46.8.